The van der Waals surface area contributed by atoms with Gasteiger partial charge in [-0.3, -0.25) is 19.5 Å². The van der Waals surface area contributed by atoms with Crippen molar-refractivity contribution in [2.24, 2.45) is 4.99 Å². The van der Waals surface area contributed by atoms with E-state index in [2.05, 4.69) is 4.99 Å². The molecule has 4 N–H and O–H groups in total. The Balaban J connectivity index is 1.86. The first-order chi connectivity index (χ1) is 16.3. The van der Waals surface area contributed by atoms with Crippen molar-refractivity contribution in [1.82, 2.24) is 4.57 Å². The van der Waals surface area contributed by atoms with Crippen molar-refractivity contribution in [3.05, 3.63) is 80.5 Å². The van der Waals surface area contributed by atoms with Gasteiger partial charge in [-0.25, -0.2) is 0 Å². The lowest BCUT2D eigenvalue weighted by molar-refractivity contribution is -0.384. The number of aliphatic hydroxyl groups is 4. The zero-order chi connectivity index (χ0) is 24.4. The molecule has 0 unspecified atom stereocenters. The molecule has 2 heterocycles. The van der Waals surface area contributed by atoms with Crippen molar-refractivity contribution in [3.8, 4) is 11.3 Å². The first-order valence-corrected chi connectivity index (χ1v) is 11.1. The van der Waals surface area contributed by atoms with Gasteiger partial charge in [0.15, 0.2) is 11.0 Å². The van der Waals surface area contributed by atoms with Crippen molar-refractivity contribution < 1.29 is 34.9 Å². The molecule has 178 valence electrons. The van der Waals surface area contributed by atoms with Crippen LogP contribution in [0.3, 0.4) is 0 Å². The molecule has 0 radical (unpaired) electrons. The summed E-state index contributed by atoms with van der Waals surface area (Å²) in [6, 6.07) is 13.9. The quantitative estimate of drug-likeness (QED) is 0.303. The maximum absolute atomic E-state index is 12.8. The molecule has 5 atom stereocenters. The fourth-order valence-electron chi connectivity index (χ4n) is 3.64. The summed E-state index contributed by atoms with van der Waals surface area (Å²) in [7, 11) is 0. The number of nitro benzene ring substituents is 1. The van der Waals surface area contributed by atoms with Crippen LogP contribution in [-0.2, 0) is 4.74 Å². The second kappa shape index (κ2) is 9.93. The number of non-ortho nitro benzene ring substituents is 1. The van der Waals surface area contributed by atoms with Crippen molar-refractivity contribution in [1.29, 1.82) is 0 Å². The standard InChI is InChI=1S/C22H21N3O8S/c26-10-16-17(27)18(28)19(29)21(33-16)24-15(12-6-8-14(9-7-12)25(31)32)11-34-22(24)23-20(30)13-4-2-1-3-5-13/h1-9,11,16-19,21,26-29H,10H2/t16-,17-,18+,19-,21-/m1/s1. The number of aliphatic hydroxyl groups excluding tert-OH is 4. The molecule has 1 aliphatic heterocycles. The minimum absolute atomic E-state index is 0.117. The number of nitro groups is 1. The Morgan fingerprint density at radius 3 is 2.35 bits per heavy atom. The molecule has 0 aliphatic carbocycles. The predicted octanol–water partition coefficient (Wildman–Crippen LogP) is 0.838. The van der Waals surface area contributed by atoms with Gasteiger partial charge < -0.3 is 25.2 Å². The van der Waals surface area contributed by atoms with Crippen molar-refractivity contribution in [2.75, 3.05) is 6.61 Å². The van der Waals surface area contributed by atoms with Crippen LogP contribution in [0.15, 0.2) is 65.0 Å². The van der Waals surface area contributed by atoms with E-state index in [1.54, 1.807) is 35.7 Å². The number of carbonyl (C=O) groups excluding carboxylic acids is 1. The molecule has 4 rings (SSSR count). The molecule has 1 aromatic heterocycles. The molecule has 1 amide bonds. The van der Waals surface area contributed by atoms with Crippen LogP contribution in [0.25, 0.3) is 11.3 Å². The van der Waals surface area contributed by atoms with Gasteiger partial charge in [0.2, 0.25) is 0 Å². The molecule has 1 fully saturated rings. The largest absolute Gasteiger partial charge is 0.394 e. The van der Waals surface area contributed by atoms with Gasteiger partial charge in [0.25, 0.3) is 11.6 Å². The third-order valence-corrected chi connectivity index (χ3v) is 6.29. The van der Waals surface area contributed by atoms with Crippen LogP contribution in [0.5, 0.6) is 0 Å². The van der Waals surface area contributed by atoms with Crippen LogP contribution in [0.4, 0.5) is 5.69 Å². The van der Waals surface area contributed by atoms with Gasteiger partial charge in [-0.15, -0.1) is 11.3 Å². The lowest BCUT2D eigenvalue weighted by Crippen LogP contribution is -2.57. The second-order valence-electron chi connectivity index (χ2n) is 7.58. The maximum Gasteiger partial charge on any atom is 0.279 e. The number of carbonyl (C=O) groups is 1. The summed E-state index contributed by atoms with van der Waals surface area (Å²) in [5.41, 5.74) is 1.09. The Bertz CT molecular complexity index is 1240. The van der Waals surface area contributed by atoms with Gasteiger partial charge in [0, 0.05) is 23.1 Å². The van der Waals surface area contributed by atoms with E-state index in [9.17, 15) is 35.3 Å². The zero-order valence-electron chi connectivity index (χ0n) is 17.5. The monoisotopic (exact) mass is 487 g/mol. The Morgan fingerprint density at radius 1 is 1.06 bits per heavy atom. The molecule has 0 saturated carbocycles. The van der Waals surface area contributed by atoms with E-state index < -0.39 is 48.1 Å². The van der Waals surface area contributed by atoms with Crippen LogP contribution < -0.4 is 4.80 Å². The van der Waals surface area contributed by atoms with E-state index in [0.717, 1.165) is 11.3 Å². The fraction of sp³-hybridized carbons (Fsp3) is 0.273. The molecule has 34 heavy (non-hydrogen) atoms. The van der Waals surface area contributed by atoms with Crippen LogP contribution >= 0.6 is 11.3 Å². The third kappa shape index (κ3) is 4.55. The number of benzene rings is 2. The topological polar surface area (TPSA) is 168 Å². The summed E-state index contributed by atoms with van der Waals surface area (Å²) in [5, 5.41) is 53.4. The highest BCUT2D eigenvalue weighted by atomic mass is 32.1. The van der Waals surface area contributed by atoms with Crippen molar-refractivity contribution >= 4 is 22.9 Å². The van der Waals surface area contributed by atoms with Crippen LogP contribution in [-0.4, -0.2) is 66.8 Å². The highest BCUT2D eigenvalue weighted by molar-refractivity contribution is 7.07. The molecule has 1 aliphatic rings. The predicted molar refractivity (Wildman–Crippen MR) is 120 cm³/mol. The minimum Gasteiger partial charge on any atom is -0.394 e. The summed E-state index contributed by atoms with van der Waals surface area (Å²) >= 11 is 1.05. The number of rotatable bonds is 5. The smallest absolute Gasteiger partial charge is 0.279 e. The summed E-state index contributed by atoms with van der Waals surface area (Å²) in [6.45, 7) is -0.631. The number of hydrogen-bond acceptors (Lipinski definition) is 9. The Kier molecular flexibility index (Phi) is 6.97. The highest BCUT2D eigenvalue weighted by Crippen LogP contribution is 2.32. The number of ether oxygens (including phenoxy) is 1. The number of aromatic nitrogens is 1. The van der Waals surface area contributed by atoms with E-state index in [1.807, 2.05) is 0 Å². The minimum atomic E-state index is -1.65. The first kappa shape index (κ1) is 23.9. The average Bonchev–Trinajstić information content (AvgIpc) is 3.26. The lowest BCUT2D eigenvalue weighted by Gasteiger charge is -2.40. The van der Waals surface area contributed by atoms with Gasteiger partial charge in [0.05, 0.1) is 17.2 Å². The molecular weight excluding hydrogens is 466 g/mol. The normalized spacial score (nSPS) is 25.3. The molecule has 1 saturated heterocycles. The number of hydrogen-bond donors (Lipinski definition) is 4. The Labute approximate surface area is 196 Å². The van der Waals surface area contributed by atoms with E-state index >= 15 is 0 Å². The van der Waals surface area contributed by atoms with E-state index in [1.165, 1.54) is 28.8 Å². The maximum atomic E-state index is 12.8. The van der Waals surface area contributed by atoms with E-state index in [0.29, 0.717) is 16.8 Å². The highest BCUT2D eigenvalue weighted by Gasteiger charge is 2.45. The molecular formula is C22H21N3O8S. The second-order valence-corrected chi connectivity index (χ2v) is 8.42. The molecule has 12 heteroatoms. The molecule has 2 aromatic carbocycles. The van der Waals surface area contributed by atoms with Gasteiger partial charge in [-0.2, -0.15) is 4.99 Å². The van der Waals surface area contributed by atoms with E-state index in [-0.39, 0.29) is 10.5 Å². The molecule has 3 aromatic rings. The summed E-state index contributed by atoms with van der Waals surface area (Å²) in [5.74, 6) is -0.559. The summed E-state index contributed by atoms with van der Waals surface area (Å²) in [4.78, 5) is 27.5. The van der Waals surface area contributed by atoms with Crippen LogP contribution in [0, 0.1) is 10.1 Å². The van der Waals surface area contributed by atoms with Crippen molar-refractivity contribution in [3.63, 3.8) is 0 Å². The fourth-order valence-corrected chi connectivity index (χ4v) is 4.56. The summed E-state index contributed by atoms with van der Waals surface area (Å²) < 4.78 is 7.08. The number of nitrogens with zero attached hydrogens (tertiary/aromatic N) is 3. The van der Waals surface area contributed by atoms with Crippen LogP contribution in [0.2, 0.25) is 0 Å². The van der Waals surface area contributed by atoms with Crippen molar-refractivity contribution in [2.45, 2.75) is 30.6 Å². The lowest BCUT2D eigenvalue weighted by atomic mass is 9.98. The average molecular weight is 487 g/mol. The van der Waals surface area contributed by atoms with Gasteiger partial charge >= 0.3 is 0 Å². The Hall–Kier alpha value is -3.26. The van der Waals surface area contributed by atoms with Gasteiger partial charge in [-0.1, -0.05) is 18.2 Å². The number of amides is 1. The van der Waals surface area contributed by atoms with Crippen LogP contribution in [0.1, 0.15) is 16.6 Å². The number of thiazole rings is 1. The van der Waals surface area contributed by atoms with Gasteiger partial charge in [-0.05, 0) is 29.8 Å². The Morgan fingerprint density at radius 2 is 1.74 bits per heavy atom. The van der Waals surface area contributed by atoms with Gasteiger partial charge in [0.1, 0.15) is 24.4 Å². The SMILES string of the molecule is O=C(N=c1scc(-c2ccc([N+](=O)[O-])cc2)n1[C@@H]1O[C@H](CO)[C@@H](O)[C@H](O)[C@H]1O)c1ccccc1. The third-order valence-electron chi connectivity index (χ3n) is 5.45. The van der Waals surface area contributed by atoms with E-state index in [4.69, 9.17) is 4.74 Å². The summed E-state index contributed by atoms with van der Waals surface area (Å²) in [6.07, 6.45) is -7.35. The zero-order valence-corrected chi connectivity index (χ0v) is 18.4. The molecule has 0 spiro atoms. The molecule has 0 bridgehead atoms. The molecule has 11 nitrogen and oxygen atoms in total. The first-order valence-electron chi connectivity index (χ1n) is 10.2.